The van der Waals surface area contributed by atoms with Gasteiger partial charge in [0.05, 0.1) is 11.9 Å². The lowest BCUT2D eigenvalue weighted by Crippen LogP contribution is -2.28. The highest BCUT2D eigenvalue weighted by atomic mass is 35.5. The fourth-order valence-corrected chi connectivity index (χ4v) is 4.90. The number of thioether (sulfide) groups is 1. The Morgan fingerprint density at radius 2 is 1.91 bits per heavy atom. The van der Waals surface area contributed by atoms with Gasteiger partial charge in [0, 0.05) is 54.4 Å². The number of nitrogens with zero attached hydrogens (tertiary/aromatic N) is 5. The average molecular weight is 502 g/mol. The quantitative estimate of drug-likeness (QED) is 0.318. The highest BCUT2D eigenvalue weighted by molar-refractivity contribution is 7.98. The Morgan fingerprint density at radius 1 is 1.18 bits per heavy atom. The summed E-state index contributed by atoms with van der Waals surface area (Å²) in [6, 6.07) is 10.3. The van der Waals surface area contributed by atoms with E-state index in [1.165, 1.54) is 36.2 Å². The highest BCUT2D eigenvalue weighted by Gasteiger charge is 2.23. The molecule has 0 aliphatic rings. The molecule has 0 spiro atoms. The van der Waals surface area contributed by atoms with E-state index in [9.17, 15) is 13.6 Å². The molecule has 0 unspecified atom stereocenters. The van der Waals surface area contributed by atoms with Crippen LogP contribution < -0.4 is 0 Å². The van der Waals surface area contributed by atoms with Crippen LogP contribution in [0.5, 0.6) is 0 Å². The fourth-order valence-electron chi connectivity index (χ4n) is 3.56. The number of aromatic nitrogens is 4. The van der Waals surface area contributed by atoms with E-state index in [0.717, 1.165) is 11.3 Å². The molecule has 4 aromatic rings. The lowest BCUT2D eigenvalue weighted by atomic mass is 10.2. The van der Waals surface area contributed by atoms with E-state index >= 15 is 0 Å². The summed E-state index contributed by atoms with van der Waals surface area (Å²) in [5.74, 6) is -0.867. The molecule has 0 aliphatic heterocycles. The van der Waals surface area contributed by atoms with Gasteiger partial charge >= 0.3 is 0 Å². The van der Waals surface area contributed by atoms with Crippen LogP contribution in [0, 0.1) is 18.6 Å². The van der Waals surface area contributed by atoms with Gasteiger partial charge in [0.15, 0.2) is 5.16 Å². The predicted octanol–water partition coefficient (Wildman–Crippen LogP) is 5.41. The molecule has 6 nitrogen and oxygen atoms in total. The first kappa shape index (κ1) is 24.0. The van der Waals surface area contributed by atoms with Crippen molar-refractivity contribution >= 4 is 29.3 Å². The number of carbonyl (C=O) groups excluding carboxylic acids is 1. The molecule has 0 atom stereocenters. The first-order valence-corrected chi connectivity index (χ1v) is 11.7. The number of amides is 1. The maximum Gasteiger partial charge on any atom is 0.272 e. The standard InChI is InChI=1S/C24H22ClF2N5OS/c1-15-16(13-31(3)29-15)12-30(2)23(33)22-11-28-24(32(22)18-9-7-17(26)8-10-18)34-14-19-20(25)5-4-6-21(19)27/h4-11,13H,12,14H2,1-3H3. The Kier molecular flexibility index (Phi) is 7.04. The summed E-state index contributed by atoms with van der Waals surface area (Å²) in [6.07, 6.45) is 3.35. The van der Waals surface area contributed by atoms with Crippen LogP contribution in [0.25, 0.3) is 5.69 Å². The van der Waals surface area contributed by atoms with Crippen molar-refractivity contribution in [2.24, 2.45) is 7.05 Å². The van der Waals surface area contributed by atoms with E-state index in [4.69, 9.17) is 11.6 Å². The van der Waals surface area contributed by atoms with Gasteiger partial charge in [-0.1, -0.05) is 29.4 Å². The van der Waals surface area contributed by atoms with Gasteiger partial charge in [-0.25, -0.2) is 13.8 Å². The van der Waals surface area contributed by atoms with E-state index in [1.807, 2.05) is 20.2 Å². The molecule has 176 valence electrons. The molecule has 0 fully saturated rings. The van der Waals surface area contributed by atoms with Gasteiger partial charge < -0.3 is 4.90 Å². The van der Waals surface area contributed by atoms with Crippen molar-refractivity contribution in [3.8, 4) is 5.69 Å². The van der Waals surface area contributed by atoms with Crippen LogP contribution >= 0.6 is 23.4 Å². The Hall–Kier alpha value is -3.17. The van der Waals surface area contributed by atoms with Crippen LogP contribution in [0.2, 0.25) is 5.02 Å². The van der Waals surface area contributed by atoms with E-state index in [2.05, 4.69) is 10.1 Å². The van der Waals surface area contributed by atoms with Crippen LogP contribution in [-0.4, -0.2) is 37.2 Å². The van der Waals surface area contributed by atoms with Crippen molar-refractivity contribution in [3.05, 3.63) is 94.0 Å². The SMILES string of the molecule is Cc1nn(C)cc1CN(C)C(=O)c1cnc(SCc2c(F)cccc2Cl)n1-c1ccc(F)cc1. The first-order valence-electron chi connectivity index (χ1n) is 10.4. The third-order valence-corrected chi connectivity index (χ3v) is 6.64. The van der Waals surface area contributed by atoms with Crippen molar-refractivity contribution in [1.29, 1.82) is 0 Å². The number of rotatable bonds is 7. The number of halogens is 3. The molecule has 0 aliphatic carbocycles. The first-order chi connectivity index (χ1) is 16.2. The average Bonchev–Trinajstić information content (AvgIpc) is 3.35. The van der Waals surface area contributed by atoms with Gasteiger partial charge in [0.2, 0.25) is 0 Å². The molecule has 0 radical (unpaired) electrons. The van der Waals surface area contributed by atoms with Gasteiger partial charge in [-0.05, 0) is 43.3 Å². The second-order valence-corrected chi connectivity index (χ2v) is 9.15. The highest BCUT2D eigenvalue weighted by Crippen LogP contribution is 2.31. The minimum Gasteiger partial charge on any atom is -0.336 e. The van der Waals surface area contributed by atoms with Gasteiger partial charge in [0.1, 0.15) is 17.3 Å². The smallest absolute Gasteiger partial charge is 0.272 e. The van der Waals surface area contributed by atoms with Crippen LogP contribution in [0.3, 0.4) is 0 Å². The molecule has 0 saturated carbocycles. The molecule has 2 aromatic heterocycles. The summed E-state index contributed by atoms with van der Waals surface area (Å²) in [5.41, 5.74) is 2.98. The number of aryl methyl sites for hydroxylation is 2. The normalized spacial score (nSPS) is 11.1. The van der Waals surface area contributed by atoms with Crippen molar-refractivity contribution < 1.29 is 13.6 Å². The van der Waals surface area contributed by atoms with Crippen molar-refractivity contribution in [2.75, 3.05) is 7.05 Å². The van der Waals surface area contributed by atoms with Gasteiger partial charge in [-0.3, -0.25) is 14.0 Å². The number of hydrogen-bond donors (Lipinski definition) is 0. The molecule has 1 amide bonds. The fraction of sp³-hybridized carbons (Fsp3) is 0.208. The molecule has 10 heteroatoms. The molecule has 34 heavy (non-hydrogen) atoms. The zero-order valence-electron chi connectivity index (χ0n) is 18.8. The van der Waals surface area contributed by atoms with Crippen molar-refractivity contribution in [2.45, 2.75) is 24.4 Å². The van der Waals surface area contributed by atoms with E-state index in [0.29, 0.717) is 33.7 Å². The minimum atomic E-state index is -0.414. The van der Waals surface area contributed by atoms with Crippen LogP contribution in [0.4, 0.5) is 8.78 Å². The predicted molar refractivity (Wildman–Crippen MR) is 128 cm³/mol. The van der Waals surface area contributed by atoms with Crippen LogP contribution in [-0.2, 0) is 19.3 Å². The summed E-state index contributed by atoms with van der Waals surface area (Å²) in [4.78, 5) is 19.4. The van der Waals surface area contributed by atoms with E-state index in [1.54, 1.807) is 45.5 Å². The molecule has 0 N–H and O–H groups in total. The third kappa shape index (κ3) is 5.00. The van der Waals surface area contributed by atoms with E-state index in [-0.39, 0.29) is 11.7 Å². The summed E-state index contributed by atoms with van der Waals surface area (Å²) >= 11 is 7.41. The topological polar surface area (TPSA) is 56.0 Å². The molecule has 0 saturated heterocycles. The molecule has 4 rings (SSSR count). The third-order valence-electron chi connectivity index (χ3n) is 5.31. The number of carbonyl (C=O) groups is 1. The molecule has 2 heterocycles. The summed E-state index contributed by atoms with van der Waals surface area (Å²) in [6.45, 7) is 2.25. The number of benzene rings is 2. The van der Waals surface area contributed by atoms with Crippen molar-refractivity contribution in [3.63, 3.8) is 0 Å². The monoisotopic (exact) mass is 501 g/mol. The minimum absolute atomic E-state index is 0.210. The lowest BCUT2D eigenvalue weighted by molar-refractivity contribution is 0.0776. The van der Waals surface area contributed by atoms with Crippen LogP contribution in [0.1, 0.15) is 27.3 Å². The zero-order chi connectivity index (χ0) is 24.4. The molecular formula is C24H22ClF2N5OS. The van der Waals surface area contributed by atoms with Crippen LogP contribution in [0.15, 0.2) is 60.0 Å². The maximum atomic E-state index is 14.3. The molecule has 2 aromatic carbocycles. The Labute approximate surface area is 205 Å². The van der Waals surface area contributed by atoms with Gasteiger partial charge in [-0.15, -0.1) is 0 Å². The number of hydrogen-bond acceptors (Lipinski definition) is 4. The summed E-state index contributed by atoms with van der Waals surface area (Å²) < 4.78 is 31.2. The largest absolute Gasteiger partial charge is 0.336 e. The zero-order valence-corrected chi connectivity index (χ0v) is 20.4. The van der Waals surface area contributed by atoms with E-state index < -0.39 is 11.6 Å². The summed E-state index contributed by atoms with van der Waals surface area (Å²) in [5, 5.41) is 5.10. The Morgan fingerprint density at radius 3 is 2.56 bits per heavy atom. The summed E-state index contributed by atoms with van der Waals surface area (Å²) in [7, 11) is 3.52. The second kappa shape index (κ2) is 9.99. The maximum absolute atomic E-state index is 14.3. The molecular weight excluding hydrogens is 480 g/mol. The van der Waals surface area contributed by atoms with Gasteiger partial charge in [-0.2, -0.15) is 5.10 Å². The second-order valence-electron chi connectivity index (χ2n) is 7.80. The van der Waals surface area contributed by atoms with Gasteiger partial charge in [0.25, 0.3) is 5.91 Å². The van der Waals surface area contributed by atoms with Crippen molar-refractivity contribution in [1.82, 2.24) is 24.2 Å². The molecule has 0 bridgehead atoms. The Bertz CT molecular complexity index is 1320. The number of imidazole rings is 1. The lowest BCUT2D eigenvalue weighted by Gasteiger charge is -2.18. The Balaban J connectivity index is 1.67.